The van der Waals surface area contributed by atoms with Crippen molar-refractivity contribution in [2.24, 2.45) is 11.8 Å². The highest BCUT2D eigenvalue weighted by molar-refractivity contribution is 6.21. The Morgan fingerprint density at radius 3 is 3.00 bits per heavy atom. The largest absolute Gasteiger partial charge is 0.493 e. The standard InChI is InChI=1S/C15H19ClO/c1-10-3-2-4-13(10)15(16)12-5-6-14-11(9-12)7-8-17-14/h5-6,9-10,13,15H,2-4,7-8H2,1H3. The number of halogens is 1. The van der Waals surface area contributed by atoms with Crippen molar-refractivity contribution in [1.82, 2.24) is 0 Å². The van der Waals surface area contributed by atoms with E-state index in [2.05, 4.69) is 25.1 Å². The summed E-state index contributed by atoms with van der Waals surface area (Å²) in [6.45, 7) is 3.16. The number of ether oxygens (including phenoxy) is 1. The minimum Gasteiger partial charge on any atom is -0.493 e. The van der Waals surface area contributed by atoms with Crippen molar-refractivity contribution in [1.29, 1.82) is 0 Å². The van der Waals surface area contributed by atoms with Crippen molar-refractivity contribution in [3.8, 4) is 5.75 Å². The Labute approximate surface area is 108 Å². The molecule has 3 atom stereocenters. The summed E-state index contributed by atoms with van der Waals surface area (Å²) in [7, 11) is 0. The van der Waals surface area contributed by atoms with Crippen LogP contribution in [0.4, 0.5) is 0 Å². The van der Waals surface area contributed by atoms with Gasteiger partial charge in [-0.05, 0) is 35.4 Å². The Morgan fingerprint density at radius 1 is 1.35 bits per heavy atom. The van der Waals surface area contributed by atoms with Crippen molar-refractivity contribution in [3.63, 3.8) is 0 Å². The minimum absolute atomic E-state index is 0.179. The maximum Gasteiger partial charge on any atom is 0.122 e. The van der Waals surface area contributed by atoms with Gasteiger partial charge in [0.1, 0.15) is 5.75 Å². The summed E-state index contributed by atoms with van der Waals surface area (Å²) in [6, 6.07) is 6.49. The molecule has 1 aromatic carbocycles. The fraction of sp³-hybridized carbons (Fsp3) is 0.600. The van der Waals surface area contributed by atoms with Gasteiger partial charge < -0.3 is 4.74 Å². The summed E-state index contributed by atoms with van der Waals surface area (Å²) in [6.07, 6.45) is 4.99. The van der Waals surface area contributed by atoms with E-state index in [9.17, 15) is 0 Å². The van der Waals surface area contributed by atoms with Crippen molar-refractivity contribution in [3.05, 3.63) is 29.3 Å². The fourth-order valence-electron chi connectivity index (χ4n) is 3.23. The van der Waals surface area contributed by atoms with Crippen LogP contribution in [0.1, 0.15) is 42.7 Å². The van der Waals surface area contributed by atoms with Crippen LogP contribution in [0.5, 0.6) is 5.75 Å². The number of benzene rings is 1. The molecule has 3 unspecified atom stereocenters. The van der Waals surface area contributed by atoms with Gasteiger partial charge in [-0.2, -0.15) is 0 Å². The molecule has 92 valence electrons. The molecule has 2 aliphatic rings. The van der Waals surface area contributed by atoms with Gasteiger partial charge in [-0.1, -0.05) is 31.9 Å². The van der Waals surface area contributed by atoms with E-state index in [0.717, 1.165) is 24.7 Å². The monoisotopic (exact) mass is 250 g/mol. The molecule has 0 spiro atoms. The van der Waals surface area contributed by atoms with Gasteiger partial charge in [0, 0.05) is 6.42 Å². The smallest absolute Gasteiger partial charge is 0.122 e. The van der Waals surface area contributed by atoms with Gasteiger partial charge in [0.25, 0.3) is 0 Å². The molecule has 1 aliphatic carbocycles. The second-order valence-electron chi connectivity index (χ2n) is 5.44. The zero-order valence-corrected chi connectivity index (χ0v) is 11.0. The highest BCUT2D eigenvalue weighted by atomic mass is 35.5. The van der Waals surface area contributed by atoms with Crippen molar-refractivity contribution < 1.29 is 4.74 Å². The van der Waals surface area contributed by atoms with Crippen molar-refractivity contribution >= 4 is 11.6 Å². The van der Waals surface area contributed by atoms with Gasteiger partial charge in [0.05, 0.1) is 12.0 Å². The van der Waals surface area contributed by atoms with E-state index in [0.29, 0.717) is 5.92 Å². The van der Waals surface area contributed by atoms with Gasteiger partial charge >= 0.3 is 0 Å². The highest BCUT2D eigenvalue weighted by Crippen LogP contribution is 2.44. The normalized spacial score (nSPS) is 28.8. The highest BCUT2D eigenvalue weighted by Gasteiger charge is 2.31. The summed E-state index contributed by atoms with van der Waals surface area (Å²) >= 11 is 6.67. The first kappa shape index (κ1) is 11.4. The topological polar surface area (TPSA) is 9.23 Å². The van der Waals surface area contributed by atoms with Gasteiger partial charge in [-0.15, -0.1) is 11.6 Å². The van der Waals surface area contributed by atoms with Gasteiger partial charge in [-0.3, -0.25) is 0 Å². The van der Waals surface area contributed by atoms with E-state index in [-0.39, 0.29) is 5.38 Å². The van der Waals surface area contributed by atoms with Gasteiger partial charge in [-0.25, -0.2) is 0 Å². The van der Waals surface area contributed by atoms with E-state index < -0.39 is 0 Å². The Balaban J connectivity index is 1.83. The summed E-state index contributed by atoms with van der Waals surface area (Å²) in [5, 5.41) is 0.179. The molecule has 0 amide bonds. The number of hydrogen-bond acceptors (Lipinski definition) is 1. The average molecular weight is 251 g/mol. The van der Waals surface area contributed by atoms with Crippen LogP contribution in [0.25, 0.3) is 0 Å². The van der Waals surface area contributed by atoms with Crippen LogP contribution in [0.15, 0.2) is 18.2 Å². The van der Waals surface area contributed by atoms with E-state index in [1.54, 1.807) is 0 Å². The van der Waals surface area contributed by atoms with Crippen LogP contribution in [-0.4, -0.2) is 6.61 Å². The van der Waals surface area contributed by atoms with Crippen molar-refractivity contribution in [2.45, 2.75) is 38.0 Å². The Bertz CT molecular complexity index is 415. The number of alkyl halides is 1. The second-order valence-corrected chi connectivity index (χ2v) is 5.91. The van der Waals surface area contributed by atoms with E-state index in [4.69, 9.17) is 16.3 Å². The third-order valence-electron chi connectivity index (χ3n) is 4.34. The Hall–Kier alpha value is -0.690. The summed E-state index contributed by atoms with van der Waals surface area (Å²) in [5.41, 5.74) is 2.62. The average Bonchev–Trinajstić information content (AvgIpc) is 2.95. The third kappa shape index (κ3) is 2.06. The van der Waals surface area contributed by atoms with Crippen molar-refractivity contribution in [2.75, 3.05) is 6.61 Å². The molecule has 0 saturated heterocycles. The quantitative estimate of drug-likeness (QED) is 0.710. The molecule has 2 heteroatoms. The molecule has 1 heterocycles. The molecular formula is C15H19ClO. The van der Waals surface area contributed by atoms with Crippen LogP contribution in [-0.2, 0) is 6.42 Å². The third-order valence-corrected chi connectivity index (χ3v) is 4.91. The maximum absolute atomic E-state index is 6.67. The number of fused-ring (bicyclic) bond motifs is 1. The molecule has 1 aliphatic heterocycles. The van der Waals surface area contributed by atoms with Gasteiger partial charge in [0.15, 0.2) is 0 Å². The summed E-state index contributed by atoms with van der Waals surface area (Å²) < 4.78 is 5.54. The van der Waals surface area contributed by atoms with E-state index in [1.165, 1.54) is 30.4 Å². The molecule has 0 N–H and O–H groups in total. The second kappa shape index (κ2) is 4.53. The molecule has 0 radical (unpaired) electrons. The molecule has 17 heavy (non-hydrogen) atoms. The Kier molecular flexibility index (Phi) is 3.04. The Morgan fingerprint density at radius 2 is 2.24 bits per heavy atom. The molecular weight excluding hydrogens is 232 g/mol. The number of rotatable bonds is 2. The van der Waals surface area contributed by atoms with Crippen LogP contribution in [0, 0.1) is 11.8 Å². The molecule has 1 nitrogen and oxygen atoms in total. The first-order chi connectivity index (χ1) is 8.25. The van der Waals surface area contributed by atoms with Crippen LogP contribution in [0.2, 0.25) is 0 Å². The molecule has 0 bridgehead atoms. The molecule has 1 fully saturated rings. The molecule has 0 aromatic heterocycles. The predicted molar refractivity (Wildman–Crippen MR) is 70.7 cm³/mol. The summed E-state index contributed by atoms with van der Waals surface area (Å²) in [4.78, 5) is 0. The molecule has 1 saturated carbocycles. The van der Waals surface area contributed by atoms with Crippen LogP contribution < -0.4 is 4.74 Å². The lowest BCUT2D eigenvalue weighted by atomic mass is 9.89. The van der Waals surface area contributed by atoms with E-state index in [1.807, 2.05) is 0 Å². The first-order valence-electron chi connectivity index (χ1n) is 6.65. The minimum atomic E-state index is 0.179. The summed E-state index contributed by atoms with van der Waals surface area (Å²) in [5.74, 6) is 2.47. The molecule has 3 rings (SSSR count). The van der Waals surface area contributed by atoms with Gasteiger partial charge in [0.2, 0.25) is 0 Å². The lowest BCUT2D eigenvalue weighted by Crippen LogP contribution is -2.11. The lowest BCUT2D eigenvalue weighted by molar-refractivity contribution is 0.356. The first-order valence-corrected chi connectivity index (χ1v) is 7.09. The maximum atomic E-state index is 6.67. The fourth-order valence-corrected chi connectivity index (χ4v) is 3.74. The van der Waals surface area contributed by atoms with Crippen LogP contribution >= 0.6 is 11.6 Å². The lowest BCUT2D eigenvalue weighted by Gasteiger charge is -2.22. The predicted octanol–water partition coefficient (Wildman–Crippen LogP) is 4.34. The zero-order chi connectivity index (χ0) is 11.8. The molecule has 1 aromatic rings. The zero-order valence-electron chi connectivity index (χ0n) is 10.3. The van der Waals surface area contributed by atoms with E-state index >= 15 is 0 Å². The van der Waals surface area contributed by atoms with Crippen LogP contribution in [0.3, 0.4) is 0 Å². The SMILES string of the molecule is CC1CCCC1C(Cl)c1ccc2c(c1)CCO2. The number of hydrogen-bond donors (Lipinski definition) is 0.